The molecule has 1 aromatic rings. The van der Waals surface area contributed by atoms with Crippen LogP contribution in [0.5, 0.6) is 0 Å². The first-order chi connectivity index (χ1) is 9.49. The van der Waals surface area contributed by atoms with Gasteiger partial charge in [0.25, 0.3) is 0 Å². The van der Waals surface area contributed by atoms with Gasteiger partial charge in [0, 0.05) is 12.6 Å². The van der Waals surface area contributed by atoms with Gasteiger partial charge in [0.2, 0.25) is 10.0 Å². The number of hydrogen-bond acceptors (Lipinski definition) is 5. The maximum atomic E-state index is 11.9. The van der Waals surface area contributed by atoms with E-state index in [1.54, 1.807) is 12.1 Å². The highest BCUT2D eigenvalue weighted by Crippen LogP contribution is 2.36. The van der Waals surface area contributed by atoms with Crippen LogP contribution in [-0.4, -0.2) is 28.1 Å². The Morgan fingerprint density at radius 3 is 2.75 bits per heavy atom. The molecule has 0 saturated heterocycles. The zero-order valence-corrected chi connectivity index (χ0v) is 12.2. The van der Waals surface area contributed by atoms with E-state index in [0.29, 0.717) is 30.4 Å². The highest BCUT2D eigenvalue weighted by atomic mass is 32.2. The summed E-state index contributed by atoms with van der Waals surface area (Å²) in [4.78, 5) is 2.22. The molecule has 3 N–H and O–H groups in total. The van der Waals surface area contributed by atoms with Gasteiger partial charge in [0.1, 0.15) is 0 Å². The summed E-state index contributed by atoms with van der Waals surface area (Å²) in [7, 11) is -2.12. The van der Waals surface area contributed by atoms with Gasteiger partial charge in [-0.05, 0) is 38.1 Å². The molecular formula is C13H18N4O2S. The minimum atomic E-state index is -3.49. The van der Waals surface area contributed by atoms with Crippen molar-refractivity contribution in [2.45, 2.75) is 30.2 Å². The van der Waals surface area contributed by atoms with Crippen molar-refractivity contribution in [1.29, 1.82) is 5.26 Å². The van der Waals surface area contributed by atoms with Gasteiger partial charge in [-0.2, -0.15) is 5.26 Å². The first kappa shape index (κ1) is 14.6. The lowest BCUT2D eigenvalue weighted by Gasteiger charge is -2.25. The fourth-order valence-corrected chi connectivity index (χ4v) is 2.86. The summed E-state index contributed by atoms with van der Waals surface area (Å²) in [6.07, 6.45) is 2.49. The highest BCUT2D eigenvalue weighted by molar-refractivity contribution is 7.89. The van der Waals surface area contributed by atoms with E-state index in [1.807, 2.05) is 4.90 Å². The minimum absolute atomic E-state index is 0.187. The molecule has 20 heavy (non-hydrogen) atoms. The smallest absolute Gasteiger partial charge is 0.240 e. The zero-order chi connectivity index (χ0) is 14.8. The summed E-state index contributed by atoms with van der Waals surface area (Å²) in [6, 6.07) is 7.14. The van der Waals surface area contributed by atoms with Crippen LogP contribution in [-0.2, 0) is 10.0 Å². The summed E-state index contributed by atoms with van der Waals surface area (Å²) < 4.78 is 26.0. The molecule has 2 rings (SSSR count). The Bertz CT molecular complexity index is 632. The Labute approximate surface area is 119 Å². The average Bonchev–Trinajstić information content (AvgIpc) is 3.25. The van der Waals surface area contributed by atoms with Gasteiger partial charge in [0.05, 0.1) is 28.8 Å². The fourth-order valence-electron chi connectivity index (χ4n) is 2.11. The molecule has 0 bridgehead atoms. The Hall–Kier alpha value is -1.78. The molecule has 0 radical (unpaired) electrons. The fraction of sp³-hybridized carbons (Fsp3) is 0.462. The second kappa shape index (κ2) is 5.69. The van der Waals surface area contributed by atoms with Crippen LogP contribution >= 0.6 is 0 Å². The van der Waals surface area contributed by atoms with E-state index < -0.39 is 10.0 Å². The lowest BCUT2D eigenvalue weighted by atomic mass is 10.2. The first-order valence-electron chi connectivity index (χ1n) is 6.46. The van der Waals surface area contributed by atoms with Gasteiger partial charge in [-0.1, -0.05) is 0 Å². The zero-order valence-electron chi connectivity index (χ0n) is 11.3. The van der Waals surface area contributed by atoms with Crippen molar-refractivity contribution in [3.05, 3.63) is 18.2 Å². The van der Waals surface area contributed by atoms with Gasteiger partial charge in [-0.25, -0.2) is 13.1 Å². The van der Waals surface area contributed by atoms with Gasteiger partial charge >= 0.3 is 0 Å². The molecule has 1 aliphatic rings. The van der Waals surface area contributed by atoms with Crippen LogP contribution < -0.4 is 15.4 Å². The quantitative estimate of drug-likeness (QED) is 0.764. The second-order valence-corrected chi connectivity index (χ2v) is 6.65. The normalized spacial score (nSPS) is 14.8. The van der Waals surface area contributed by atoms with Crippen LogP contribution in [0, 0.1) is 11.3 Å². The molecule has 0 unspecified atom stereocenters. The van der Waals surface area contributed by atoms with E-state index in [9.17, 15) is 8.42 Å². The minimum Gasteiger partial charge on any atom is -0.397 e. The topological polar surface area (TPSA) is 99.2 Å². The predicted octanol–water partition coefficient (Wildman–Crippen LogP) is 1.06. The van der Waals surface area contributed by atoms with Crippen LogP contribution in [0.3, 0.4) is 0 Å². The summed E-state index contributed by atoms with van der Waals surface area (Å²) in [5.41, 5.74) is 7.20. The first-order valence-corrected chi connectivity index (χ1v) is 7.94. The summed E-state index contributed by atoms with van der Waals surface area (Å²) >= 11 is 0. The standard InChI is InChI=1S/C13H18N4O2S/c1-16-20(18,19)11-5-6-12(15)13(9-11)17(8-2-7-14)10-3-4-10/h5-6,9-10,16H,2-4,8,15H2,1H3. The highest BCUT2D eigenvalue weighted by Gasteiger charge is 2.30. The number of rotatable bonds is 6. The van der Waals surface area contributed by atoms with Gasteiger partial charge < -0.3 is 10.6 Å². The lowest BCUT2D eigenvalue weighted by molar-refractivity contribution is 0.588. The van der Waals surface area contributed by atoms with Gasteiger partial charge in [-0.3, -0.25) is 0 Å². The second-order valence-electron chi connectivity index (χ2n) is 4.76. The van der Waals surface area contributed by atoms with Crippen molar-refractivity contribution < 1.29 is 8.42 Å². The molecular weight excluding hydrogens is 276 g/mol. The molecule has 1 fully saturated rings. The van der Waals surface area contributed by atoms with E-state index >= 15 is 0 Å². The monoisotopic (exact) mass is 294 g/mol. The van der Waals surface area contributed by atoms with E-state index in [0.717, 1.165) is 12.8 Å². The Balaban J connectivity index is 2.38. The van der Waals surface area contributed by atoms with Crippen LogP contribution in [0.15, 0.2) is 23.1 Å². The number of nitrogens with two attached hydrogens (primary N) is 1. The molecule has 0 aliphatic heterocycles. The maximum absolute atomic E-state index is 11.9. The van der Waals surface area contributed by atoms with Crippen molar-refractivity contribution >= 4 is 21.4 Å². The molecule has 7 heteroatoms. The summed E-state index contributed by atoms with van der Waals surface area (Å²) in [6.45, 7) is 0.564. The third-order valence-corrected chi connectivity index (χ3v) is 4.75. The molecule has 0 spiro atoms. The van der Waals surface area contributed by atoms with Crippen molar-refractivity contribution in [3.63, 3.8) is 0 Å². The lowest BCUT2D eigenvalue weighted by Crippen LogP contribution is -2.28. The molecule has 0 atom stereocenters. The van der Waals surface area contributed by atoms with Crippen molar-refractivity contribution in [1.82, 2.24) is 4.72 Å². The van der Waals surface area contributed by atoms with Crippen molar-refractivity contribution in [2.24, 2.45) is 0 Å². The SMILES string of the molecule is CNS(=O)(=O)c1ccc(N)c(N(CCC#N)C2CC2)c1. The Morgan fingerprint density at radius 1 is 1.50 bits per heavy atom. The number of sulfonamides is 1. The third-order valence-electron chi connectivity index (χ3n) is 3.34. The Morgan fingerprint density at radius 2 is 2.20 bits per heavy atom. The molecule has 108 valence electrons. The number of nitrogens with zero attached hydrogens (tertiary/aromatic N) is 2. The van der Waals surface area contributed by atoms with Crippen LogP contribution in [0.2, 0.25) is 0 Å². The molecule has 0 aromatic heterocycles. The third kappa shape index (κ3) is 3.03. The van der Waals surface area contributed by atoms with Crippen LogP contribution in [0.4, 0.5) is 11.4 Å². The molecule has 0 heterocycles. The number of nitrogens with one attached hydrogen (secondary N) is 1. The molecule has 1 aliphatic carbocycles. The number of nitrogen functional groups attached to an aromatic ring is 1. The van der Waals surface area contributed by atoms with E-state index in [4.69, 9.17) is 11.0 Å². The number of hydrogen-bond donors (Lipinski definition) is 2. The number of nitriles is 1. The molecule has 1 aromatic carbocycles. The average molecular weight is 294 g/mol. The maximum Gasteiger partial charge on any atom is 0.240 e. The van der Waals surface area contributed by atoms with Crippen LogP contribution in [0.25, 0.3) is 0 Å². The number of benzene rings is 1. The van der Waals surface area contributed by atoms with Gasteiger partial charge in [0.15, 0.2) is 0 Å². The van der Waals surface area contributed by atoms with E-state index in [-0.39, 0.29) is 4.90 Å². The van der Waals surface area contributed by atoms with Crippen LogP contribution in [0.1, 0.15) is 19.3 Å². The Kier molecular flexibility index (Phi) is 4.16. The molecule has 0 amide bonds. The summed E-state index contributed by atoms with van der Waals surface area (Å²) in [5.74, 6) is 0. The van der Waals surface area contributed by atoms with E-state index in [2.05, 4.69) is 10.8 Å². The summed E-state index contributed by atoms with van der Waals surface area (Å²) in [5, 5.41) is 8.74. The predicted molar refractivity (Wildman–Crippen MR) is 77.7 cm³/mol. The number of anilines is 2. The molecule has 1 saturated carbocycles. The molecule has 6 nitrogen and oxygen atoms in total. The largest absolute Gasteiger partial charge is 0.397 e. The van der Waals surface area contributed by atoms with E-state index in [1.165, 1.54) is 13.1 Å². The van der Waals surface area contributed by atoms with Crippen molar-refractivity contribution in [3.8, 4) is 6.07 Å². The van der Waals surface area contributed by atoms with Crippen molar-refractivity contribution in [2.75, 3.05) is 24.2 Å². The van der Waals surface area contributed by atoms with Gasteiger partial charge in [-0.15, -0.1) is 0 Å².